The quantitative estimate of drug-likeness (QED) is 0.785. The minimum Gasteiger partial charge on any atom is -0.389 e. The maximum absolute atomic E-state index is 10.2. The van der Waals surface area contributed by atoms with Crippen LogP contribution in [0.15, 0.2) is 30.3 Å². The number of benzene rings is 1. The Morgan fingerprint density at radius 1 is 1.40 bits per heavy atom. The number of hydrogen-bond acceptors (Lipinski definition) is 2. The minimum atomic E-state index is -0.574. The molecule has 0 saturated heterocycles. The summed E-state index contributed by atoms with van der Waals surface area (Å²) in [6, 6.07) is 10.5. The van der Waals surface area contributed by atoms with Gasteiger partial charge in [-0.15, -0.1) is 0 Å². The van der Waals surface area contributed by atoms with Crippen LogP contribution in [0.5, 0.6) is 0 Å². The number of aliphatic hydroxyl groups is 1. The van der Waals surface area contributed by atoms with E-state index in [9.17, 15) is 5.11 Å². The molecule has 0 heterocycles. The summed E-state index contributed by atoms with van der Waals surface area (Å²) in [6.45, 7) is 2.60. The maximum Gasteiger partial charge on any atom is 0.0777 e. The van der Waals surface area contributed by atoms with E-state index in [-0.39, 0.29) is 0 Å². The first-order valence-corrected chi connectivity index (χ1v) is 5.57. The fourth-order valence-corrected chi connectivity index (χ4v) is 2.44. The molecule has 3 atom stereocenters. The van der Waals surface area contributed by atoms with Gasteiger partial charge < -0.3 is 10.4 Å². The van der Waals surface area contributed by atoms with Crippen LogP contribution in [0, 0.1) is 5.92 Å². The van der Waals surface area contributed by atoms with Crippen molar-refractivity contribution in [2.75, 3.05) is 13.6 Å². The molecule has 1 aromatic carbocycles. The van der Waals surface area contributed by atoms with Crippen molar-refractivity contribution >= 4 is 0 Å². The third-order valence-electron chi connectivity index (χ3n) is 3.35. The van der Waals surface area contributed by atoms with Crippen molar-refractivity contribution in [3.63, 3.8) is 0 Å². The van der Waals surface area contributed by atoms with Crippen LogP contribution in [0.3, 0.4) is 0 Å². The summed E-state index contributed by atoms with van der Waals surface area (Å²) in [6.07, 6.45) is 1.11. The summed E-state index contributed by atoms with van der Waals surface area (Å²) >= 11 is 0. The third kappa shape index (κ3) is 2.21. The number of nitrogens with one attached hydrogen (secondary N) is 1. The molecule has 2 rings (SSSR count). The highest BCUT2D eigenvalue weighted by Crippen LogP contribution is 2.53. The molecule has 0 spiro atoms. The van der Waals surface area contributed by atoms with E-state index >= 15 is 0 Å². The van der Waals surface area contributed by atoms with Gasteiger partial charge in [0, 0.05) is 6.54 Å². The zero-order valence-corrected chi connectivity index (χ0v) is 9.40. The lowest BCUT2D eigenvalue weighted by molar-refractivity contribution is 0.0369. The standard InChI is InChI=1S/C13H19NO/c1-13(15,9-14-2)12-8-11(12)10-6-4-3-5-7-10/h3-7,11-12,14-15H,8-9H2,1-2H3. The summed E-state index contributed by atoms with van der Waals surface area (Å²) in [5, 5.41) is 13.3. The first-order valence-electron chi connectivity index (χ1n) is 5.57. The molecule has 3 unspecified atom stereocenters. The third-order valence-corrected chi connectivity index (χ3v) is 3.35. The molecule has 82 valence electrons. The van der Waals surface area contributed by atoms with Crippen LogP contribution in [0.4, 0.5) is 0 Å². The molecule has 1 saturated carbocycles. The average Bonchev–Trinajstić information content (AvgIpc) is 2.99. The predicted molar refractivity (Wildman–Crippen MR) is 61.8 cm³/mol. The van der Waals surface area contributed by atoms with Crippen LogP contribution < -0.4 is 5.32 Å². The van der Waals surface area contributed by atoms with Gasteiger partial charge in [-0.1, -0.05) is 30.3 Å². The van der Waals surface area contributed by atoms with Crippen molar-refractivity contribution < 1.29 is 5.11 Å². The molecular formula is C13H19NO. The van der Waals surface area contributed by atoms with Gasteiger partial charge in [-0.25, -0.2) is 0 Å². The largest absolute Gasteiger partial charge is 0.389 e. The van der Waals surface area contributed by atoms with E-state index < -0.39 is 5.60 Å². The second-order valence-corrected chi connectivity index (χ2v) is 4.75. The SMILES string of the molecule is CNCC(C)(O)C1CC1c1ccccc1. The lowest BCUT2D eigenvalue weighted by Gasteiger charge is -2.23. The molecule has 0 radical (unpaired) electrons. The van der Waals surface area contributed by atoms with Crippen molar-refractivity contribution in [2.45, 2.75) is 24.9 Å². The van der Waals surface area contributed by atoms with Gasteiger partial charge in [-0.3, -0.25) is 0 Å². The molecule has 1 fully saturated rings. The monoisotopic (exact) mass is 205 g/mol. The van der Waals surface area contributed by atoms with Gasteiger partial charge in [-0.05, 0) is 37.8 Å². The minimum absolute atomic E-state index is 0.410. The fourth-order valence-electron chi connectivity index (χ4n) is 2.44. The van der Waals surface area contributed by atoms with E-state index in [1.165, 1.54) is 5.56 Å². The van der Waals surface area contributed by atoms with Crippen LogP contribution in [-0.4, -0.2) is 24.3 Å². The normalized spacial score (nSPS) is 28.5. The van der Waals surface area contributed by atoms with E-state index in [4.69, 9.17) is 0 Å². The highest BCUT2D eigenvalue weighted by Gasteiger charge is 2.49. The highest BCUT2D eigenvalue weighted by atomic mass is 16.3. The van der Waals surface area contributed by atoms with Crippen molar-refractivity contribution in [2.24, 2.45) is 5.92 Å². The van der Waals surface area contributed by atoms with E-state index in [0.717, 1.165) is 6.42 Å². The molecule has 0 amide bonds. The van der Waals surface area contributed by atoms with Gasteiger partial charge in [0.15, 0.2) is 0 Å². The Labute approximate surface area is 91.3 Å². The second-order valence-electron chi connectivity index (χ2n) is 4.75. The Morgan fingerprint density at radius 2 is 2.07 bits per heavy atom. The summed E-state index contributed by atoms with van der Waals surface area (Å²) in [7, 11) is 1.88. The molecule has 1 aliphatic rings. The number of hydrogen-bond donors (Lipinski definition) is 2. The molecule has 2 heteroatoms. The van der Waals surface area contributed by atoms with E-state index in [0.29, 0.717) is 18.4 Å². The van der Waals surface area contributed by atoms with Gasteiger partial charge in [0.1, 0.15) is 0 Å². The van der Waals surface area contributed by atoms with Crippen LogP contribution in [0.2, 0.25) is 0 Å². The Morgan fingerprint density at radius 3 is 2.67 bits per heavy atom. The number of rotatable bonds is 4. The molecular weight excluding hydrogens is 186 g/mol. The second kappa shape index (κ2) is 3.95. The van der Waals surface area contributed by atoms with Crippen LogP contribution >= 0.6 is 0 Å². The summed E-state index contributed by atoms with van der Waals surface area (Å²) in [5.74, 6) is 0.960. The Balaban J connectivity index is 2.02. The van der Waals surface area contributed by atoms with Crippen LogP contribution in [0.25, 0.3) is 0 Å². The fraction of sp³-hybridized carbons (Fsp3) is 0.538. The smallest absolute Gasteiger partial charge is 0.0777 e. The average molecular weight is 205 g/mol. The first kappa shape index (κ1) is 10.7. The van der Waals surface area contributed by atoms with Crippen molar-refractivity contribution in [1.29, 1.82) is 0 Å². The molecule has 0 bridgehead atoms. The van der Waals surface area contributed by atoms with Gasteiger partial charge in [0.2, 0.25) is 0 Å². The zero-order valence-electron chi connectivity index (χ0n) is 9.40. The summed E-state index contributed by atoms with van der Waals surface area (Å²) in [4.78, 5) is 0. The molecule has 15 heavy (non-hydrogen) atoms. The molecule has 0 aromatic heterocycles. The predicted octanol–water partition coefficient (Wildman–Crippen LogP) is 1.76. The first-order chi connectivity index (χ1) is 7.15. The van der Waals surface area contributed by atoms with Gasteiger partial charge in [-0.2, -0.15) is 0 Å². The molecule has 1 aliphatic carbocycles. The zero-order chi connectivity index (χ0) is 10.9. The topological polar surface area (TPSA) is 32.3 Å². The Bertz CT molecular complexity index is 321. The lowest BCUT2D eigenvalue weighted by atomic mass is 9.96. The highest BCUT2D eigenvalue weighted by molar-refractivity contribution is 5.27. The van der Waals surface area contributed by atoms with E-state index in [1.807, 2.05) is 20.0 Å². The summed E-state index contributed by atoms with van der Waals surface area (Å²) in [5.41, 5.74) is 0.786. The van der Waals surface area contributed by atoms with E-state index in [2.05, 4.69) is 29.6 Å². The summed E-state index contributed by atoms with van der Waals surface area (Å²) < 4.78 is 0. The van der Waals surface area contributed by atoms with Crippen LogP contribution in [0.1, 0.15) is 24.8 Å². The lowest BCUT2D eigenvalue weighted by Crippen LogP contribution is -2.38. The Hall–Kier alpha value is -0.860. The van der Waals surface area contributed by atoms with Gasteiger partial charge in [0.05, 0.1) is 5.60 Å². The van der Waals surface area contributed by atoms with Crippen LogP contribution in [-0.2, 0) is 0 Å². The Kier molecular flexibility index (Phi) is 2.81. The number of likely N-dealkylation sites (N-methyl/N-ethyl adjacent to an activating group) is 1. The molecule has 2 N–H and O–H groups in total. The molecule has 1 aromatic rings. The van der Waals surface area contributed by atoms with Crippen molar-refractivity contribution in [3.8, 4) is 0 Å². The maximum atomic E-state index is 10.2. The van der Waals surface area contributed by atoms with Gasteiger partial charge >= 0.3 is 0 Å². The van der Waals surface area contributed by atoms with Crippen molar-refractivity contribution in [1.82, 2.24) is 5.32 Å². The van der Waals surface area contributed by atoms with E-state index in [1.54, 1.807) is 0 Å². The molecule has 2 nitrogen and oxygen atoms in total. The van der Waals surface area contributed by atoms with Gasteiger partial charge in [0.25, 0.3) is 0 Å². The molecule has 0 aliphatic heterocycles. The van der Waals surface area contributed by atoms with Crippen molar-refractivity contribution in [3.05, 3.63) is 35.9 Å².